The van der Waals surface area contributed by atoms with Gasteiger partial charge in [0.2, 0.25) is 5.91 Å². The number of carbonyl (C=O) groups is 1. The van der Waals surface area contributed by atoms with Crippen LogP contribution in [0.1, 0.15) is 22.7 Å². The van der Waals surface area contributed by atoms with Gasteiger partial charge in [-0.3, -0.25) is 9.78 Å². The Morgan fingerprint density at radius 1 is 1.03 bits per heavy atom. The Labute approximate surface area is 179 Å². The predicted octanol–water partition coefficient (Wildman–Crippen LogP) is 4.48. The van der Waals surface area contributed by atoms with E-state index in [0.717, 1.165) is 34.5 Å². The van der Waals surface area contributed by atoms with Crippen LogP contribution in [0.15, 0.2) is 83.7 Å². The molecule has 0 aliphatic heterocycles. The highest BCUT2D eigenvalue weighted by Crippen LogP contribution is 2.32. The number of benzene rings is 1. The Morgan fingerprint density at radius 2 is 1.87 bits per heavy atom. The molecule has 0 radical (unpaired) electrons. The molecule has 3 heterocycles. The number of hydrogen-bond acceptors (Lipinski definition) is 5. The maximum Gasteiger partial charge on any atom is 0.229 e. The highest BCUT2D eigenvalue weighted by Gasteiger charge is 2.24. The molecule has 6 heteroatoms. The number of nitrogens with one attached hydrogen (secondary N) is 1. The first-order valence-corrected chi connectivity index (χ1v) is 10.7. The summed E-state index contributed by atoms with van der Waals surface area (Å²) in [6.07, 6.45) is 2.53. The van der Waals surface area contributed by atoms with E-state index in [0.29, 0.717) is 12.4 Å². The molecular formula is C24H22N4OS. The normalized spacial score (nSPS) is 11.7. The minimum Gasteiger partial charge on any atom is -0.369 e. The van der Waals surface area contributed by atoms with Gasteiger partial charge in [0, 0.05) is 36.0 Å². The van der Waals surface area contributed by atoms with Crippen molar-refractivity contribution in [3.63, 3.8) is 0 Å². The second-order valence-electron chi connectivity index (χ2n) is 6.89. The van der Waals surface area contributed by atoms with E-state index in [9.17, 15) is 4.79 Å². The van der Waals surface area contributed by atoms with Crippen LogP contribution in [0.4, 0.5) is 5.82 Å². The Balaban J connectivity index is 1.68. The van der Waals surface area contributed by atoms with Gasteiger partial charge in [-0.1, -0.05) is 42.5 Å². The van der Waals surface area contributed by atoms with Crippen molar-refractivity contribution in [2.24, 2.45) is 5.73 Å². The molecule has 4 rings (SSSR count). The summed E-state index contributed by atoms with van der Waals surface area (Å²) >= 11 is 1.54. The summed E-state index contributed by atoms with van der Waals surface area (Å²) in [5.74, 6) is -0.274. The van der Waals surface area contributed by atoms with Crippen molar-refractivity contribution in [3.05, 3.63) is 101 Å². The average Bonchev–Trinajstić information content (AvgIpc) is 3.30. The van der Waals surface area contributed by atoms with Crippen LogP contribution in [0.3, 0.4) is 0 Å². The number of hydrogen-bond donors (Lipinski definition) is 2. The first kappa shape index (κ1) is 19.8. The molecule has 0 aliphatic rings. The molecule has 3 N–H and O–H groups in total. The fourth-order valence-corrected chi connectivity index (χ4v) is 4.09. The Morgan fingerprint density at radius 3 is 2.57 bits per heavy atom. The number of rotatable bonds is 8. The van der Waals surface area contributed by atoms with Crippen LogP contribution in [0.25, 0.3) is 11.3 Å². The van der Waals surface area contributed by atoms with Gasteiger partial charge in [-0.25, -0.2) is 4.98 Å². The number of primary amides is 1. The Bertz CT molecular complexity index is 1100. The van der Waals surface area contributed by atoms with Gasteiger partial charge in [-0.05, 0) is 40.6 Å². The lowest BCUT2D eigenvalue weighted by atomic mass is 9.92. The molecule has 1 aromatic carbocycles. The number of amides is 1. The number of pyridine rings is 2. The molecule has 1 unspecified atom stereocenters. The van der Waals surface area contributed by atoms with Crippen LogP contribution in [0, 0.1) is 0 Å². The topological polar surface area (TPSA) is 80.9 Å². The molecule has 5 nitrogen and oxygen atoms in total. The van der Waals surface area contributed by atoms with Crippen LogP contribution in [-0.2, 0) is 11.2 Å². The summed E-state index contributed by atoms with van der Waals surface area (Å²) in [5, 5.41) is 7.32. The highest BCUT2D eigenvalue weighted by molar-refractivity contribution is 7.08. The fraction of sp³-hybridized carbons (Fsp3) is 0.125. The van der Waals surface area contributed by atoms with Crippen LogP contribution in [-0.4, -0.2) is 22.4 Å². The van der Waals surface area contributed by atoms with E-state index in [1.54, 1.807) is 17.5 Å². The predicted molar refractivity (Wildman–Crippen MR) is 121 cm³/mol. The molecule has 3 aromatic heterocycles. The lowest BCUT2D eigenvalue weighted by Gasteiger charge is -2.18. The molecule has 1 amide bonds. The zero-order chi connectivity index (χ0) is 20.8. The molecule has 30 heavy (non-hydrogen) atoms. The highest BCUT2D eigenvalue weighted by atomic mass is 32.1. The average molecular weight is 415 g/mol. The van der Waals surface area contributed by atoms with Gasteiger partial charge in [0.15, 0.2) is 0 Å². The van der Waals surface area contributed by atoms with Crippen molar-refractivity contribution in [3.8, 4) is 11.3 Å². The van der Waals surface area contributed by atoms with E-state index in [2.05, 4.69) is 10.3 Å². The number of carbonyl (C=O) groups excluding carboxylic acids is 1. The largest absolute Gasteiger partial charge is 0.369 e. The van der Waals surface area contributed by atoms with Crippen molar-refractivity contribution >= 4 is 23.1 Å². The van der Waals surface area contributed by atoms with Crippen LogP contribution in [0.2, 0.25) is 0 Å². The number of anilines is 1. The maximum atomic E-state index is 12.4. The van der Waals surface area contributed by atoms with Gasteiger partial charge in [0.25, 0.3) is 0 Å². The molecule has 150 valence electrons. The number of nitrogens with two attached hydrogens (primary N) is 1. The summed E-state index contributed by atoms with van der Waals surface area (Å²) in [4.78, 5) is 21.6. The molecule has 4 aromatic rings. The smallest absolute Gasteiger partial charge is 0.229 e. The first-order valence-electron chi connectivity index (χ1n) is 9.74. The zero-order valence-electron chi connectivity index (χ0n) is 16.4. The van der Waals surface area contributed by atoms with E-state index in [1.165, 1.54) is 0 Å². The number of thiophene rings is 1. The van der Waals surface area contributed by atoms with Crippen molar-refractivity contribution in [2.75, 3.05) is 11.9 Å². The lowest BCUT2D eigenvalue weighted by Crippen LogP contribution is -2.24. The standard InChI is InChI=1S/C24H22N4OS/c25-23(29)22(18-12-15-30-16-18)20-9-10-21(17-6-2-1-3-7-17)28-24(20)27-14-11-19-8-4-5-13-26-19/h1-10,12-13,15-16,22H,11,14H2,(H2,25,29)(H,27,28). The summed E-state index contributed by atoms with van der Waals surface area (Å²) in [6, 6.07) is 21.7. The van der Waals surface area contributed by atoms with Gasteiger partial charge in [0.05, 0.1) is 11.6 Å². The molecule has 0 fully saturated rings. The van der Waals surface area contributed by atoms with Gasteiger partial charge >= 0.3 is 0 Å². The minimum absolute atomic E-state index is 0.393. The van der Waals surface area contributed by atoms with Gasteiger partial charge in [-0.15, -0.1) is 0 Å². The van der Waals surface area contributed by atoms with Crippen molar-refractivity contribution in [1.82, 2.24) is 9.97 Å². The van der Waals surface area contributed by atoms with E-state index < -0.39 is 11.8 Å². The number of aromatic nitrogens is 2. The van der Waals surface area contributed by atoms with Crippen molar-refractivity contribution in [2.45, 2.75) is 12.3 Å². The second-order valence-corrected chi connectivity index (χ2v) is 7.67. The molecule has 1 atom stereocenters. The Kier molecular flexibility index (Phi) is 6.15. The third kappa shape index (κ3) is 4.55. The molecule has 0 saturated heterocycles. The van der Waals surface area contributed by atoms with Crippen LogP contribution in [0.5, 0.6) is 0 Å². The van der Waals surface area contributed by atoms with E-state index in [-0.39, 0.29) is 0 Å². The van der Waals surface area contributed by atoms with Gasteiger partial charge in [-0.2, -0.15) is 11.3 Å². The van der Waals surface area contributed by atoms with Gasteiger partial charge < -0.3 is 11.1 Å². The lowest BCUT2D eigenvalue weighted by molar-refractivity contribution is -0.118. The minimum atomic E-state index is -0.550. The summed E-state index contributed by atoms with van der Waals surface area (Å²) in [5.41, 5.74) is 10.3. The third-order valence-corrected chi connectivity index (χ3v) is 5.57. The van der Waals surface area contributed by atoms with Crippen LogP contribution < -0.4 is 11.1 Å². The molecule has 0 saturated carbocycles. The molecular weight excluding hydrogens is 392 g/mol. The Hall–Kier alpha value is -3.51. The van der Waals surface area contributed by atoms with Crippen molar-refractivity contribution < 1.29 is 4.79 Å². The quantitative estimate of drug-likeness (QED) is 0.446. The fourth-order valence-electron chi connectivity index (χ4n) is 3.41. The summed E-state index contributed by atoms with van der Waals surface area (Å²) in [7, 11) is 0. The molecule has 0 aliphatic carbocycles. The van der Waals surface area contributed by atoms with E-state index >= 15 is 0 Å². The molecule has 0 bridgehead atoms. The second kappa shape index (κ2) is 9.33. The molecule has 0 spiro atoms. The van der Waals surface area contributed by atoms with Crippen molar-refractivity contribution in [1.29, 1.82) is 0 Å². The van der Waals surface area contributed by atoms with E-state index in [4.69, 9.17) is 10.7 Å². The SMILES string of the molecule is NC(=O)C(c1ccsc1)c1ccc(-c2ccccc2)nc1NCCc1ccccn1. The van der Waals surface area contributed by atoms with Gasteiger partial charge in [0.1, 0.15) is 5.82 Å². The first-order chi connectivity index (χ1) is 14.7. The van der Waals surface area contributed by atoms with Crippen LogP contribution >= 0.6 is 11.3 Å². The monoisotopic (exact) mass is 414 g/mol. The maximum absolute atomic E-state index is 12.4. The zero-order valence-corrected chi connectivity index (χ0v) is 17.2. The third-order valence-electron chi connectivity index (χ3n) is 4.87. The summed E-state index contributed by atoms with van der Waals surface area (Å²) < 4.78 is 0. The number of nitrogens with zero attached hydrogens (tertiary/aromatic N) is 2. The summed E-state index contributed by atoms with van der Waals surface area (Å²) in [6.45, 7) is 0.643. The van der Waals surface area contributed by atoms with E-state index in [1.807, 2.05) is 77.5 Å².